The number of pyridine rings is 1. The third-order valence-corrected chi connectivity index (χ3v) is 3.89. The molecule has 1 heterocycles. The van der Waals surface area contributed by atoms with E-state index in [1.165, 1.54) is 7.11 Å². The zero-order chi connectivity index (χ0) is 12.2. The highest BCUT2D eigenvalue weighted by molar-refractivity contribution is 7.90. The zero-order valence-electron chi connectivity index (χ0n) is 9.60. The molecule has 0 aliphatic carbocycles. The van der Waals surface area contributed by atoms with Gasteiger partial charge in [-0.05, 0) is 19.4 Å². The van der Waals surface area contributed by atoms with Crippen LogP contribution in [0.3, 0.4) is 0 Å². The molecule has 0 saturated heterocycles. The average molecular weight is 244 g/mol. The molecule has 5 nitrogen and oxygen atoms in total. The summed E-state index contributed by atoms with van der Waals surface area (Å²) in [5.74, 6) is 0.510. The molecule has 0 atom stereocenters. The van der Waals surface area contributed by atoms with Gasteiger partial charge in [0.2, 0.25) is 15.9 Å². The van der Waals surface area contributed by atoms with Gasteiger partial charge in [-0.15, -0.1) is 0 Å². The molecular weight excluding hydrogens is 228 g/mol. The first kappa shape index (κ1) is 12.9. The van der Waals surface area contributed by atoms with Crippen molar-refractivity contribution in [3.8, 4) is 5.88 Å². The van der Waals surface area contributed by atoms with Gasteiger partial charge in [-0.25, -0.2) is 18.1 Å². The van der Waals surface area contributed by atoms with Crippen LogP contribution < -0.4 is 9.46 Å². The number of rotatable bonds is 5. The van der Waals surface area contributed by atoms with Crippen molar-refractivity contribution in [3.05, 3.63) is 23.9 Å². The van der Waals surface area contributed by atoms with Crippen molar-refractivity contribution < 1.29 is 13.2 Å². The highest BCUT2D eigenvalue weighted by Gasteiger charge is 2.14. The summed E-state index contributed by atoms with van der Waals surface area (Å²) in [4.78, 5) is 3.99. The number of hydrogen-bond acceptors (Lipinski definition) is 4. The molecule has 0 spiro atoms. The minimum Gasteiger partial charge on any atom is -0.481 e. The predicted molar refractivity (Wildman–Crippen MR) is 61.7 cm³/mol. The van der Waals surface area contributed by atoms with Gasteiger partial charge in [0, 0.05) is 18.8 Å². The van der Waals surface area contributed by atoms with E-state index < -0.39 is 15.3 Å². The second kappa shape index (κ2) is 5.27. The number of aromatic nitrogens is 1. The molecule has 0 fully saturated rings. The number of nitrogens with zero attached hydrogens (tertiary/aromatic N) is 1. The Morgan fingerprint density at radius 3 is 2.56 bits per heavy atom. The molecule has 16 heavy (non-hydrogen) atoms. The molecule has 0 aliphatic rings. The second-order valence-electron chi connectivity index (χ2n) is 3.62. The van der Waals surface area contributed by atoms with E-state index in [1.807, 2.05) is 0 Å². The predicted octanol–water partition coefficient (Wildman–Crippen LogP) is 0.918. The topological polar surface area (TPSA) is 68.3 Å². The quantitative estimate of drug-likeness (QED) is 0.836. The average Bonchev–Trinajstić information content (AvgIpc) is 2.27. The van der Waals surface area contributed by atoms with E-state index in [1.54, 1.807) is 32.2 Å². The molecule has 90 valence electrons. The first-order valence-electron chi connectivity index (χ1n) is 4.93. The van der Waals surface area contributed by atoms with Crippen LogP contribution in [-0.2, 0) is 16.6 Å². The minimum absolute atomic E-state index is 0.248. The molecule has 0 saturated carbocycles. The molecule has 0 unspecified atom stereocenters. The fourth-order valence-corrected chi connectivity index (χ4v) is 1.69. The smallest absolute Gasteiger partial charge is 0.214 e. The summed E-state index contributed by atoms with van der Waals surface area (Å²) < 4.78 is 30.3. The molecular formula is C10H16N2O3S. The third-order valence-electron chi connectivity index (χ3n) is 2.10. The normalized spacial score (nSPS) is 11.8. The van der Waals surface area contributed by atoms with Crippen LogP contribution in [0.5, 0.6) is 5.88 Å². The standard InChI is InChI=1S/C10H16N2O3S/c1-8(2)16(13,14)12-7-9-4-5-10(15-3)11-6-9/h4-6,8,12H,7H2,1-3H3. The van der Waals surface area contributed by atoms with Crippen LogP contribution in [0.2, 0.25) is 0 Å². The summed E-state index contributed by atoms with van der Waals surface area (Å²) in [5.41, 5.74) is 0.796. The lowest BCUT2D eigenvalue weighted by Crippen LogP contribution is -2.30. The highest BCUT2D eigenvalue weighted by Crippen LogP contribution is 2.07. The molecule has 0 amide bonds. The largest absolute Gasteiger partial charge is 0.481 e. The van der Waals surface area contributed by atoms with Gasteiger partial charge in [0.1, 0.15) is 0 Å². The lowest BCUT2D eigenvalue weighted by molar-refractivity contribution is 0.397. The van der Waals surface area contributed by atoms with Crippen LogP contribution in [-0.4, -0.2) is 25.8 Å². The van der Waals surface area contributed by atoms with E-state index in [-0.39, 0.29) is 6.54 Å². The lowest BCUT2D eigenvalue weighted by Gasteiger charge is -2.09. The van der Waals surface area contributed by atoms with E-state index in [0.29, 0.717) is 5.88 Å². The molecule has 0 radical (unpaired) electrons. The van der Waals surface area contributed by atoms with Crippen molar-refractivity contribution >= 4 is 10.0 Å². The monoisotopic (exact) mass is 244 g/mol. The van der Waals surface area contributed by atoms with Gasteiger partial charge >= 0.3 is 0 Å². The Morgan fingerprint density at radius 2 is 2.12 bits per heavy atom. The van der Waals surface area contributed by atoms with Crippen LogP contribution in [0.25, 0.3) is 0 Å². The van der Waals surface area contributed by atoms with Gasteiger partial charge in [0.15, 0.2) is 0 Å². The van der Waals surface area contributed by atoms with Crippen molar-refractivity contribution in [3.63, 3.8) is 0 Å². The Morgan fingerprint density at radius 1 is 1.44 bits per heavy atom. The van der Waals surface area contributed by atoms with Crippen LogP contribution in [0.4, 0.5) is 0 Å². The minimum atomic E-state index is -3.22. The van der Waals surface area contributed by atoms with Gasteiger partial charge < -0.3 is 4.74 Å². The van der Waals surface area contributed by atoms with Gasteiger partial charge in [-0.2, -0.15) is 0 Å². The Balaban J connectivity index is 2.62. The summed E-state index contributed by atoms with van der Waals surface area (Å²) >= 11 is 0. The van der Waals surface area contributed by atoms with Crippen molar-refractivity contribution in [2.24, 2.45) is 0 Å². The van der Waals surface area contributed by atoms with E-state index in [2.05, 4.69) is 9.71 Å². The number of ether oxygens (including phenoxy) is 1. The molecule has 1 rings (SSSR count). The molecule has 0 aromatic carbocycles. The van der Waals surface area contributed by atoms with Gasteiger partial charge in [0.05, 0.1) is 12.4 Å². The first-order valence-corrected chi connectivity index (χ1v) is 6.47. The number of sulfonamides is 1. The Bertz CT molecular complexity index is 426. The summed E-state index contributed by atoms with van der Waals surface area (Å²) in [6, 6.07) is 3.47. The molecule has 1 aromatic heterocycles. The Hall–Kier alpha value is -1.14. The number of methoxy groups -OCH3 is 1. The van der Waals surface area contributed by atoms with Gasteiger partial charge in [-0.1, -0.05) is 6.07 Å². The van der Waals surface area contributed by atoms with E-state index in [0.717, 1.165) is 5.56 Å². The third kappa shape index (κ3) is 3.46. The zero-order valence-corrected chi connectivity index (χ0v) is 10.4. The van der Waals surface area contributed by atoms with Crippen LogP contribution in [0.15, 0.2) is 18.3 Å². The van der Waals surface area contributed by atoms with E-state index in [4.69, 9.17) is 4.74 Å². The van der Waals surface area contributed by atoms with Crippen molar-refractivity contribution in [1.82, 2.24) is 9.71 Å². The number of nitrogens with one attached hydrogen (secondary N) is 1. The second-order valence-corrected chi connectivity index (χ2v) is 5.95. The lowest BCUT2D eigenvalue weighted by atomic mass is 10.3. The first-order chi connectivity index (χ1) is 7.45. The number of hydrogen-bond donors (Lipinski definition) is 1. The molecule has 6 heteroatoms. The molecule has 1 N–H and O–H groups in total. The SMILES string of the molecule is COc1ccc(CNS(=O)(=O)C(C)C)cn1. The fraction of sp³-hybridized carbons (Fsp3) is 0.500. The Kier molecular flexibility index (Phi) is 4.26. The Labute approximate surface area is 95.9 Å². The van der Waals surface area contributed by atoms with E-state index >= 15 is 0 Å². The summed E-state index contributed by atoms with van der Waals surface area (Å²) in [6.45, 7) is 3.51. The van der Waals surface area contributed by atoms with Crippen LogP contribution in [0, 0.1) is 0 Å². The summed E-state index contributed by atoms with van der Waals surface area (Å²) in [5, 5.41) is -0.432. The molecule has 0 bridgehead atoms. The van der Waals surface area contributed by atoms with Gasteiger partial charge in [-0.3, -0.25) is 0 Å². The van der Waals surface area contributed by atoms with Crippen LogP contribution in [0.1, 0.15) is 19.4 Å². The highest BCUT2D eigenvalue weighted by atomic mass is 32.2. The summed E-state index contributed by atoms with van der Waals surface area (Å²) in [6.07, 6.45) is 1.58. The summed E-state index contributed by atoms with van der Waals surface area (Å²) in [7, 11) is -1.69. The van der Waals surface area contributed by atoms with Crippen molar-refractivity contribution in [2.45, 2.75) is 25.6 Å². The maximum atomic E-state index is 11.5. The van der Waals surface area contributed by atoms with Crippen molar-refractivity contribution in [1.29, 1.82) is 0 Å². The van der Waals surface area contributed by atoms with Gasteiger partial charge in [0.25, 0.3) is 0 Å². The van der Waals surface area contributed by atoms with Crippen molar-refractivity contribution in [2.75, 3.05) is 7.11 Å². The van der Waals surface area contributed by atoms with E-state index in [9.17, 15) is 8.42 Å². The molecule has 1 aromatic rings. The van der Waals surface area contributed by atoms with Crippen LogP contribution >= 0.6 is 0 Å². The maximum Gasteiger partial charge on any atom is 0.214 e. The maximum absolute atomic E-state index is 11.5. The molecule has 0 aliphatic heterocycles. The fourth-order valence-electron chi connectivity index (χ4n) is 0.987.